The minimum Gasteiger partial charge on any atom is -0.493 e. The van der Waals surface area contributed by atoms with Gasteiger partial charge in [0, 0.05) is 6.08 Å². The highest BCUT2D eigenvalue weighted by Gasteiger charge is 2.01. The molecule has 0 saturated carbocycles. The van der Waals surface area contributed by atoms with Crippen LogP contribution in [-0.2, 0) is 4.79 Å². The third kappa shape index (κ3) is 5.53. The maximum atomic E-state index is 10.4. The zero-order valence-electron chi connectivity index (χ0n) is 10.9. The van der Waals surface area contributed by atoms with Crippen LogP contribution in [0, 0.1) is 5.92 Å². The Bertz CT molecular complexity index is 393. The van der Waals surface area contributed by atoms with Crippen LogP contribution in [0.25, 0.3) is 6.08 Å². The number of carbonyl (C=O) groups is 1. The highest BCUT2D eigenvalue weighted by atomic mass is 16.5. The molecule has 1 aromatic rings. The zero-order chi connectivity index (χ0) is 13.4. The second kappa shape index (κ2) is 7.54. The highest BCUT2D eigenvalue weighted by molar-refractivity contribution is 5.85. The standard InChI is InChI=1S/C15H20O3/c1-3-4-12(2)11-18-14-8-5-13(6-9-14)7-10-15(16)17/h5-10,12H,3-4,11H2,1-2H3,(H,16,17). The molecule has 0 spiro atoms. The van der Waals surface area contributed by atoms with Crippen molar-refractivity contribution >= 4 is 12.0 Å². The van der Waals surface area contributed by atoms with Gasteiger partial charge in [0.15, 0.2) is 0 Å². The minimum atomic E-state index is -0.941. The summed E-state index contributed by atoms with van der Waals surface area (Å²) in [5.74, 6) is 0.440. The van der Waals surface area contributed by atoms with Crippen molar-refractivity contribution in [3.8, 4) is 5.75 Å². The summed E-state index contributed by atoms with van der Waals surface area (Å²) in [7, 11) is 0. The SMILES string of the molecule is CCCC(C)COc1ccc(C=CC(=O)O)cc1. The molecule has 1 rings (SSSR count). The van der Waals surface area contributed by atoms with Crippen LogP contribution in [0.3, 0.4) is 0 Å². The molecule has 0 aromatic heterocycles. The Hall–Kier alpha value is -1.77. The van der Waals surface area contributed by atoms with E-state index in [1.807, 2.05) is 24.3 Å². The van der Waals surface area contributed by atoms with Gasteiger partial charge in [0.05, 0.1) is 6.61 Å². The molecule has 0 fully saturated rings. The smallest absolute Gasteiger partial charge is 0.328 e. The number of ether oxygens (including phenoxy) is 1. The first-order valence-corrected chi connectivity index (χ1v) is 6.25. The van der Waals surface area contributed by atoms with Crippen LogP contribution in [0.4, 0.5) is 0 Å². The van der Waals surface area contributed by atoms with Gasteiger partial charge >= 0.3 is 5.97 Å². The largest absolute Gasteiger partial charge is 0.493 e. The lowest BCUT2D eigenvalue weighted by molar-refractivity contribution is -0.131. The predicted octanol–water partition coefficient (Wildman–Crippen LogP) is 3.60. The molecule has 1 unspecified atom stereocenters. The van der Waals surface area contributed by atoms with E-state index in [4.69, 9.17) is 9.84 Å². The van der Waals surface area contributed by atoms with Gasteiger partial charge in [0.2, 0.25) is 0 Å². The van der Waals surface area contributed by atoms with Gasteiger partial charge in [-0.3, -0.25) is 0 Å². The van der Waals surface area contributed by atoms with Crippen molar-refractivity contribution in [3.63, 3.8) is 0 Å². The topological polar surface area (TPSA) is 46.5 Å². The number of hydrogen-bond donors (Lipinski definition) is 1. The Morgan fingerprint density at radius 1 is 1.39 bits per heavy atom. The van der Waals surface area contributed by atoms with Gasteiger partial charge in [0.1, 0.15) is 5.75 Å². The normalized spacial score (nSPS) is 12.6. The van der Waals surface area contributed by atoms with Crippen molar-refractivity contribution < 1.29 is 14.6 Å². The van der Waals surface area contributed by atoms with Crippen molar-refractivity contribution in [1.29, 1.82) is 0 Å². The van der Waals surface area contributed by atoms with Gasteiger partial charge in [-0.25, -0.2) is 4.79 Å². The van der Waals surface area contributed by atoms with E-state index in [0.29, 0.717) is 5.92 Å². The van der Waals surface area contributed by atoms with E-state index in [-0.39, 0.29) is 0 Å². The van der Waals surface area contributed by atoms with Crippen LogP contribution in [-0.4, -0.2) is 17.7 Å². The van der Waals surface area contributed by atoms with E-state index in [1.54, 1.807) is 6.08 Å². The molecule has 0 aliphatic rings. The fraction of sp³-hybridized carbons (Fsp3) is 0.400. The fourth-order valence-corrected chi connectivity index (χ4v) is 1.66. The summed E-state index contributed by atoms with van der Waals surface area (Å²) in [5, 5.41) is 8.51. The number of aliphatic carboxylic acids is 1. The Labute approximate surface area is 108 Å². The number of benzene rings is 1. The van der Waals surface area contributed by atoms with E-state index in [9.17, 15) is 4.79 Å². The summed E-state index contributed by atoms with van der Waals surface area (Å²) in [6.45, 7) is 5.06. The molecular weight excluding hydrogens is 228 g/mol. The molecule has 0 aliphatic carbocycles. The molecule has 1 aromatic carbocycles. The van der Waals surface area contributed by atoms with Gasteiger partial charge in [-0.05, 0) is 36.1 Å². The first-order valence-electron chi connectivity index (χ1n) is 6.25. The number of hydrogen-bond acceptors (Lipinski definition) is 2. The van der Waals surface area contributed by atoms with E-state index in [2.05, 4.69) is 13.8 Å². The summed E-state index contributed by atoms with van der Waals surface area (Å²) in [6, 6.07) is 7.42. The van der Waals surface area contributed by atoms with Gasteiger partial charge in [-0.15, -0.1) is 0 Å². The number of carboxylic acids is 1. The van der Waals surface area contributed by atoms with Crippen LogP contribution < -0.4 is 4.74 Å². The van der Waals surface area contributed by atoms with Gasteiger partial charge in [-0.1, -0.05) is 32.4 Å². The summed E-state index contributed by atoms with van der Waals surface area (Å²) in [4.78, 5) is 10.4. The Balaban J connectivity index is 2.47. The maximum absolute atomic E-state index is 10.4. The van der Waals surface area contributed by atoms with Crippen molar-refractivity contribution in [3.05, 3.63) is 35.9 Å². The first kappa shape index (κ1) is 14.3. The highest BCUT2D eigenvalue weighted by Crippen LogP contribution is 2.15. The fourth-order valence-electron chi connectivity index (χ4n) is 1.66. The first-order chi connectivity index (χ1) is 8.61. The maximum Gasteiger partial charge on any atom is 0.328 e. The minimum absolute atomic E-state index is 0.557. The Kier molecular flexibility index (Phi) is 5.98. The van der Waals surface area contributed by atoms with Gasteiger partial charge in [-0.2, -0.15) is 0 Å². The summed E-state index contributed by atoms with van der Waals surface area (Å²) in [6.07, 6.45) is 5.02. The molecule has 0 saturated heterocycles. The lowest BCUT2D eigenvalue weighted by Crippen LogP contribution is -2.07. The zero-order valence-corrected chi connectivity index (χ0v) is 10.9. The van der Waals surface area contributed by atoms with Crippen LogP contribution >= 0.6 is 0 Å². The Morgan fingerprint density at radius 3 is 2.61 bits per heavy atom. The molecule has 0 aliphatic heterocycles. The molecule has 0 radical (unpaired) electrons. The summed E-state index contributed by atoms with van der Waals surface area (Å²) >= 11 is 0. The van der Waals surface area contributed by atoms with E-state index in [0.717, 1.165) is 24.0 Å². The van der Waals surface area contributed by atoms with Crippen molar-refractivity contribution in [2.75, 3.05) is 6.61 Å². The van der Waals surface area contributed by atoms with E-state index < -0.39 is 5.97 Å². The molecule has 3 nitrogen and oxygen atoms in total. The lowest BCUT2D eigenvalue weighted by atomic mass is 10.1. The van der Waals surface area contributed by atoms with E-state index in [1.165, 1.54) is 12.8 Å². The molecule has 3 heteroatoms. The van der Waals surface area contributed by atoms with Gasteiger partial charge in [0.25, 0.3) is 0 Å². The number of rotatable bonds is 7. The molecule has 1 N–H and O–H groups in total. The molecule has 98 valence electrons. The second-order valence-electron chi connectivity index (χ2n) is 4.45. The average Bonchev–Trinajstić information content (AvgIpc) is 2.35. The second-order valence-corrected chi connectivity index (χ2v) is 4.45. The molecule has 0 bridgehead atoms. The van der Waals surface area contributed by atoms with Crippen LogP contribution in [0.1, 0.15) is 32.3 Å². The third-order valence-electron chi connectivity index (χ3n) is 2.61. The quantitative estimate of drug-likeness (QED) is 0.750. The predicted molar refractivity (Wildman–Crippen MR) is 72.7 cm³/mol. The summed E-state index contributed by atoms with van der Waals surface area (Å²) < 4.78 is 5.66. The van der Waals surface area contributed by atoms with E-state index >= 15 is 0 Å². The van der Waals surface area contributed by atoms with Crippen LogP contribution in [0.5, 0.6) is 5.75 Å². The molecule has 18 heavy (non-hydrogen) atoms. The third-order valence-corrected chi connectivity index (χ3v) is 2.61. The Morgan fingerprint density at radius 2 is 2.06 bits per heavy atom. The molecule has 0 amide bonds. The molecule has 1 atom stereocenters. The summed E-state index contributed by atoms with van der Waals surface area (Å²) in [5.41, 5.74) is 0.853. The van der Waals surface area contributed by atoms with Gasteiger partial charge < -0.3 is 9.84 Å². The average molecular weight is 248 g/mol. The number of carboxylic acid groups (broad SMARTS) is 1. The lowest BCUT2D eigenvalue weighted by Gasteiger charge is -2.12. The molecule has 0 heterocycles. The van der Waals surface area contributed by atoms with Crippen molar-refractivity contribution in [2.45, 2.75) is 26.7 Å². The molecular formula is C15H20O3. The van der Waals surface area contributed by atoms with Crippen molar-refractivity contribution in [2.24, 2.45) is 5.92 Å². The van der Waals surface area contributed by atoms with Crippen LogP contribution in [0.2, 0.25) is 0 Å². The van der Waals surface area contributed by atoms with Crippen LogP contribution in [0.15, 0.2) is 30.3 Å². The monoisotopic (exact) mass is 248 g/mol. The van der Waals surface area contributed by atoms with Crippen molar-refractivity contribution in [1.82, 2.24) is 0 Å².